The quantitative estimate of drug-likeness (QED) is 0.152. The predicted octanol–water partition coefficient (Wildman–Crippen LogP) is 14.9. The van der Waals surface area contributed by atoms with Crippen LogP contribution in [0.5, 0.6) is 0 Å². The van der Waals surface area contributed by atoms with E-state index in [4.69, 9.17) is 0 Å². The minimum absolute atomic E-state index is 1.08. The molecule has 0 saturated heterocycles. The van der Waals surface area contributed by atoms with E-state index in [0.29, 0.717) is 0 Å². The molecule has 0 amide bonds. The number of benzene rings is 9. The van der Waals surface area contributed by atoms with E-state index < -0.39 is 0 Å². The zero-order valence-corrected chi connectivity index (χ0v) is 30.8. The molecular formula is C54H38N2. The first-order valence-corrected chi connectivity index (χ1v) is 19.2. The van der Waals surface area contributed by atoms with Crippen molar-refractivity contribution in [3.63, 3.8) is 0 Å². The summed E-state index contributed by atoms with van der Waals surface area (Å²) in [5.41, 5.74) is 16.2. The van der Waals surface area contributed by atoms with Gasteiger partial charge in [-0.2, -0.15) is 0 Å². The fourth-order valence-electron chi connectivity index (χ4n) is 8.21. The largest absolute Gasteiger partial charge is 0.309 e. The average Bonchev–Trinajstić information content (AvgIpc) is 3.62. The van der Waals surface area contributed by atoms with Crippen molar-refractivity contribution in [2.24, 2.45) is 0 Å². The number of nitrogens with zero attached hydrogens (tertiary/aromatic N) is 2. The second kappa shape index (κ2) is 14.4. The molecular weight excluding hydrogens is 677 g/mol. The monoisotopic (exact) mass is 714 g/mol. The van der Waals surface area contributed by atoms with Crippen LogP contribution in [0.3, 0.4) is 0 Å². The fourth-order valence-corrected chi connectivity index (χ4v) is 8.21. The van der Waals surface area contributed by atoms with Crippen LogP contribution in [0.2, 0.25) is 0 Å². The maximum atomic E-state index is 2.45. The lowest BCUT2D eigenvalue weighted by Crippen LogP contribution is -2.13. The van der Waals surface area contributed by atoms with Crippen molar-refractivity contribution in [1.29, 1.82) is 0 Å². The molecule has 0 fully saturated rings. The van der Waals surface area contributed by atoms with Crippen LogP contribution in [0.1, 0.15) is 0 Å². The number of para-hydroxylation sites is 4. The normalized spacial score (nSPS) is 11.2. The van der Waals surface area contributed by atoms with E-state index in [-0.39, 0.29) is 0 Å². The molecule has 0 aliphatic heterocycles. The van der Waals surface area contributed by atoms with Crippen LogP contribution in [-0.2, 0) is 0 Å². The SMILES string of the molecule is c1ccc(-c2ccc(N(c3ccc(-c4ccccc4)cc3-c3ccccc3)c3ccccc3-c3ccccc3-n3c4ccccc4c4ccccc43)cc2)cc1. The minimum Gasteiger partial charge on any atom is -0.309 e. The van der Waals surface area contributed by atoms with Gasteiger partial charge in [-0.25, -0.2) is 0 Å². The van der Waals surface area contributed by atoms with E-state index in [1.165, 1.54) is 44.1 Å². The van der Waals surface area contributed by atoms with Crippen LogP contribution < -0.4 is 4.90 Å². The molecule has 2 nitrogen and oxygen atoms in total. The lowest BCUT2D eigenvalue weighted by atomic mass is 9.94. The summed E-state index contributed by atoms with van der Waals surface area (Å²) in [6.45, 7) is 0. The molecule has 0 spiro atoms. The Morgan fingerprint density at radius 1 is 0.286 bits per heavy atom. The molecule has 0 aliphatic rings. The van der Waals surface area contributed by atoms with E-state index in [1.807, 2.05) is 0 Å². The zero-order valence-electron chi connectivity index (χ0n) is 30.8. The summed E-state index contributed by atoms with van der Waals surface area (Å²) >= 11 is 0. The molecule has 2 heteroatoms. The van der Waals surface area contributed by atoms with E-state index in [0.717, 1.165) is 45.0 Å². The fraction of sp³-hybridized carbons (Fsp3) is 0. The van der Waals surface area contributed by atoms with Crippen LogP contribution in [0.15, 0.2) is 231 Å². The van der Waals surface area contributed by atoms with Crippen LogP contribution in [0.4, 0.5) is 17.1 Å². The number of rotatable bonds is 8. The van der Waals surface area contributed by atoms with Gasteiger partial charge in [0, 0.05) is 33.2 Å². The molecule has 0 bridgehead atoms. The van der Waals surface area contributed by atoms with Gasteiger partial charge < -0.3 is 9.47 Å². The Balaban J connectivity index is 1.23. The Labute approximate surface area is 327 Å². The number of hydrogen-bond donors (Lipinski definition) is 0. The highest BCUT2D eigenvalue weighted by molar-refractivity contribution is 6.10. The standard InChI is InChI=1S/C54H38N2/c1-4-18-39(19-5-1)41-32-35-44(36-33-41)55(54-37-34-43(40-20-6-2-7-21-40)38-49(54)42-22-8-3-9-23-42)50-28-14-10-24-45(50)46-25-11-15-29-51(46)56-52-30-16-12-26-47(52)48-27-13-17-31-53(48)56/h1-38H. The Bertz CT molecular complexity index is 2890. The van der Waals surface area contributed by atoms with Crippen molar-refractivity contribution in [3.8, 4) is 50.2 Å². The highest BCUT2D eigenvalue weighted by Gasteiger charge is 2.23. The van der Waals surface area contributed by atoms with Crippen LogP contribution in [-0.4, -0.2) is 4.57 Å². The summed E-state index contributed by atoms with van der Waals surface area (Å²) in [6.07, 6.45) is 0. The van der Waals surface area contributed by atoms with E-state index >= 15 is 0 Å². The molecule has 264 valence electrons. The zero-order chi connectivity index (χ0) is 37.3. The smallest absolute Gasteiger partial charge is 0.0541 e. The Hall–Kier alpha value is -7.42. The lowest BCUT2D eigenvalue weighted by Gasteiger charge is -2.31. The Morgan fingerprint density at radius 3 is 1.38 bits per heavy atom. The molecule has 9 aromatic carbocycles. The molecule has 0 saturated carbocycles. The number of aromatic nitrogens is 1. The van der Waals surface area contributed by atoms with Crippen molar-refractivity contribution in [2.75, 3.05) is 4.90 Å². The van der Waals surface area contributed by atoms with Crippen molar-refractivity contribution in [2.45, 2.75) is 0 Å². The highest BCUT2D eigenvalue weighted by atomic mass is 15.1. The predicted molar refractivity (Wildman–Crippen MR) is 237 cm³/mol. The molecule has 1 aromatic heterocycles. The van der Waals surface area contributed by atoms with Crippen LogP contribution in [0.25, 0.3) is 72.0 Å². The van der Waals surface area contributed by atoms with Gasteiger partial charge in [-0.15, -0.1) is 0 Å². The first kappa shape index (κ1) is 33.2. The molecule has 0 unspecified atom stereocenters. The Kier molecular flexibility index (Phi) is 8.55. The summed E-state index contributed by atoms with van der Waals surface area (Å²) in [5.74, 6) is 0. The van der Waals surface area contributed by atoms with Gasteiger partial charge in [0.2, 0.25) is 0 Å². The minimum atomic E-state index is 1.08. The third-order valence-electron chi connectivity index (χ3n) is 10.8. The number of anilines is 3. The summed E-state index contributed by atoms with van der Waals surface area (Å²) < 4.78 is 2.43. The van der Waals surface area contributed by atoms with Gasteiger partial charge in [0.25, 0.3) is 0 Å². The molecule has 10 aromatic rings. The molecule has 1 heterocycles. The molecule has 0 aliphatic carbocycles. The van der Waals surface area contributed by atoms with Crippen molar-refractivity contribution in [3.05, 3.63) is 231 Å². The summed E-state index contributed by atoms with van der Waals surface area (Å²) in [6, 6.07) is 83.1. The van der Waals surface area contributed by atoms with Gasteiger partial charge in [0.1, 0.15) is 0 Å². The third kappa shape index (κ3) is 5.95. The van der Waals surface area contributed by atoms with Gasteiger partial charge in [-0.1, -0.05) is 182 Å². The molecule has 0 atom stereocenters. The molecule has 0 radical (unpaired) electrons. The van der Waals surface area contributed by atoms with E-state index in [1.54, 1.807) is 0 Å². The van der Waals surface area contributed by atoms with Gasteiger partial charge in [-0.3, -0.25) is 0 Å². The third-order valence-corrected chi connectivity index (χ3v) is 10.8. The maximum absolute atomic E-state index is 2.45. The second-order valence-electron chi connectivity index (χ2n) is 14.1. The molecule has 0 N–H and O–H groups in total. The van der Waals surface area contributed by atoms with Gasteiger partial charge >= 0.3 is 0 Å². The van der Waals surface area contributed by atoms with Crippen LogP contribution >= 0.6 is 0 Å². The average molecular weight is 715 g/mol. The van der Waals surface area contributed by atoms with E-state index in [2.05, 4.69) is 240 Å². The topological polar surface area (TPSA) is 8.17 Å². The summed E-state index contributed by atoms with van der Waals surface area (Å²) in [5, 5.41) is 2.50. The first-order chi connectivity index (χ1) is 27.8. The van der Waals surface area contributed by atoms with E-state index in [9.17, 15) is 0 Å². The number of fused-ring (bicyclic) bond motifs is 3. The summed E-state index contributed by atoms with van der Waals surface area (Å²) in [7, 11) is 0. The van der Waals surface area contributed by atoms with Crippen molar-refractivity contribution >= 4 is 38.9 Å². The van der Waals surface area contributed by atoms with Gasteiger partial charge in [0.15, 0.2) is 0 Å². The van der Waals surface area contributed by atoms with Gasteiger partial charge in [0.05, 0.1) is 28.1 Å². The Morgan fingerprint density at radius 2 is 0.732 bits per heavy atom. The molecule has 56 heavy (non-hydrogen) atoms. The second-order valence-corrected chi connectivity index (χ2v) is 14.1. The van der Waals surface area contributed by atoms with Crippen molar-refractivity contribution in [1.82, 2.24) is 4.57 Å². The van der Waals surface area contributed by atoms with Crippen LogP contribution in [0, 0.1) is 0 Å². The van der Waals surface area contributed by atoms with Gasteiger partial charge in [-0.05, 0) is 76.3 Å². The summed E-state index contributed by atoms with van der Waals surface area (Å²) in [4.78, 5) is 2.45. The highest BCUT2D eigenvalue weighted by Crippen LogP contribution is 2.47. The molecule has 10 rings (SSSR count). The maximum Gasteiger partial charge on any atom is 0.0541 e. The van der Waals surface area contributed by atoms with Crippen molar-refractivity contribution < 1.29 is 0 Å². The lowest BCUT2D eigenvalue weighted by molar-refractivity contribution is 1.18. The first-order valence-electron chi connectivity index (χ1n) is 19.2. The number of hydrogen-bond acceptors (Lipinski definition) is 1.